The number of ether oxygens (including phenoxy) is 4. The van der Waals surface area contributed by atoms with Crippen LogP contribution in [-0.4, -0.2) is 20.5 Å². The van der Waals surface area contributed by atoms with E-state index < -0.39 is 0 Å². The van der Waals surface area contributed by atoms with Crippen molar-refractivity contribution >= 4 is 0 Å². The van der Waals surface area contributed by atoms with Gasteiger partial charge in [-0.2, -0.15) is 0 Å². The van der Waals surface area contributed by atoms with E-state index >= 15 is 0 Å². The Morgan fingerprint density at radius 1 is 1.09 bits per heavy atom. The lowest BCUT2D eigenvalue weighted by molar-refractivity contribution is 0.174. The number of hydrogen-bond donors (Lipinski definition) is 0. The van der Waals surface area contributed by atoms with Crippen LogP contribution in [0.3, 0.4) is 0 Å². The minimum atomic E-state index is 0.175. The van der Waals surface area contributed by atoms with Gasteiger partial charge in [-0.25, -0.2) is 0 Å². The van der Waals surface area contributed by atoms with Crippen molar-refractivity contribution in [3.05, 3.63) is 47.0 Å². The molecular weight excluding hydrogens is 292 g/mol. The molecule has 0 amide bonds. The van der Waals surface area contributed by atoms with Gasteiger partial charge in [0.1, 0.15) is 11.5 Å². The van der Waals surface area contributed by atoms with Crippen LogP contribution in [0.1, 0.15) is 36.5 Å². The number of benzene rings is 2. The van der Waals surface area contributed by atoms with Gasteiger partial charge in [-0.1, -0.05) is 19.1 Å². The molecule has 4 nitrogen and oxygen atoms in total. The van der Waals surface area contributed by atoms with Crippen LogP contribution in [-0.2, 0) is 0 Å². The highest BCUT2D eigenvalue weighted by Crippen LogP contribution is 2.42. The number of methoxy groups -OCH3 is 1. The minimum Gasteiger partial charge on any atom is -0.496 e. The molecule has 0 saturated carbocycles. The summed E-state index contributed by atoms with van der Waals surface area (Å²) in [5.41, 5.74) is 3.43. The molecule has 0 aliphatic carbocycles. The van der Waals surface area contributed by atoms with Gasteiger partial charge in [-0.05, 0) is 37.1 Å². The Kier molecular flexibility index (Phi) is 4.33. The summed E-state index contributed by atoms with van der Waals surface area (Å²) in [7, 11) is 1.68. The largest absolute Gasteiger partial charge is 0.496 e. The summed E-state index contributed by atoms with van der Waals surface area (Å²) in [5, 5.41) is 0. The van der Waals surface area contributed by atoms with Crippen molar-refractivity contribution in [1.29, 1.82) is 0 Å². The lowest BCUT2D eigenvalue weighted by Crippen LogP contribution is -2.01. The summed E-state index contributed by atoms with van der Waals surface area (Å²) in [5.74, 6) is 3.43. The SMILES string of the molecule is CCOc1ccc(C(C)c2cc3c(cc2OC)OCO3)cc1C. The van der Waals surface area contributed by atoms with Crippen LogP contribution < -0.4 is 18.9 Å². The predicted molar refractivity (Wildman–Crippen MR) is 89.0 cm³/mol. The maximum atomic E-state index is 5.62. The Morgan fingerprint density at radius 3 is 2.48 bits per heavy atom. The molecule has 0 spiro atoms. The lowest BCUT2D eigenvalue weighted by atomic mass is 9.91. The Balaban J connectivity index is 1.97. The highest BCUT2D eigenvalue weighted by atomic mass is 16.7. The fourth-order valence-electron chi connectivity index (χ4n) is 2.89. The Labute approximate surface area is 136 Å². The first kappa shape index (κ1) is 15.5. The third-order valence-electron chi connectivity index (χ3n) is 4.19. The van der Waals surface area contributed by atoms with Gasteiger partial charge in [0.25, 0.3) is 0 Å². The van der Waals surface area contributed by atoms with Gasteiger partial charge in [0, 0.05) is 17.5 Å². The zero-order valence-electron chi connectivity index (χ0n) is 14.0. The zero-order chi connectivity index (χ0) is 16.4. The number of fused-ring (bicyclic) bond motifs is 1. The van der Waals surface area contributed by atoms with E-state index in [0.717, 1.165) is 34.1 Å². The minimum absolute atomic E-state index is 0.175. The average molecular weight is 314 g/mol. The summed E-state index contributed by atoms with van der Waals surface area (Å²) in [6.45, 7) is 7.16. The smallest absolute Gasteiger partial charge is 0.231 e. The second kappa shape index (κ2) is 6.41. The quantitative estimate of drug-likeness (QED) is 0.825. The van der Waals surface area contributed by atoms with E-state index in [4.69, 9.17) is 18.9 Å². The van der Waals surface area contributed by atoms with Crippen LogP contribution in [0, 0.1) is 6.92 Å². The topological polar surface area (TPSA) is 36.9 Å². The zero-order valence-corrected chi connectivity index (χ0v) is 14.0. The molecule has 1 atom stereocenters. The summed E-state index contributed by atoms with van der Waals surface area (Å²) in [6, 6.07) is 10.2. The molecule has 1 aliphatic rings. The first-order chi connectivity index (χ1) is 11.1. The van der Waals surface area contributed by atoms with E-state index in [9.17, 15) is 0 Å². The molecule has 0 bridgehead atoms. The summed E-state index contributed by atoms with van der Waals surface area (Å²) < 4.78 is 22.1. The second-order valence-electron chi connectivity index (χ2n) is 5.63. The molecular formula is C19H22O4. The van der Waals surface area contributed by atoms with Gasteiger partial charge in [0.15, 0.2) is 11.5 Å². The molecule has 122 valence electrons. The third-order valence-corrected chi connectivity index (χ3v) is 4.19. The van der Waals surface area contributed by atoms with E-state index in [1.165, 1.54) is 5.56 Å². The average Bonchev–Trinajstić information content (AvgIpc) is 3.02. The van der Waals surface area contributed by atoms with Gasteiger partial charge in [-0.3, -0.25) is 0 Å². The third kappa shape index (κ3) is 2.93. The van der Waals surface area contributed by atoms with Gasteiger partial charge >= 0.3 is 0 Å². The maximum Gasteiger partial charge on any atom is 0.231 e. The fourth-order valence-corrected chi connectivity index (χ4v) is 2.89. The van der Waals surface area contributed by atoms with E-state index in [1.807, 2.05) is 25.1 Å². The van der Waals surface area contributed by atoms with Crippen molar-refractivity contribution in [1.82, 2.24) is 0 Å². The molecule has 0 fully saturated rings. The second-order valence-corrected chi connectivity index (χ2v) is 5.63. The molecule has 1 heterocycles. The van der Waals surface area contributed by atoms with Crippen molar-refractivity contribution in [2.24, 2.45) is 0 Å². The Morgan fingerprint density at radius 2 is 1.83 bits per heavy atom. The Bertz CT molecular complexity index is 709. The van der Waals surface area contributed by atoms with Crippen molar-refractivity contribution in [2.75, 3.05) is 20.5 Å². The van der Waals surface area contributed by atoms with Gasteiger partial charge in [-0.15, -0.1) is 0 Å². The summed E-state index contributed by atoms with van der Waals surface area (Å²) in [4.78, 5) is 0. The number of aryl methyl sites for hydroxylation is 1. The van der Waals surface area contributed by atoms with Gasteiger partial charge < -0.3 is 18.9 Å². The van der Waals surface area contributed by atoms with Gasteiger partial charge in [0.05, 0.1) is 13.7 Å². The molecule has 1 unspecified atom stereocenters. The van der Waals surface area contributed by atoms with Crippen molar-refractivity contribution in [3.8, 4) is 23.0 Å². The van der Waals surface area contributed by atoms with Crippen molar-refractivity contribution in [2.45, 2.75) is 26.7 Å². The van der Waals surface area contributed by atoms with Crippen molar-refractivity contribution < 1.29 is 18.9 Å². The monoisotopic (exact) mass is 314 g/mol. The van der Waals surface area contributed by atoms with Crippen LogP contribution in [0.4, 0.5) is 0 Å². The van der Waals surface area contributed by atoms with Crippen molar-refractivity contribution in [3.63, 3.8) is 0 Å². The van der Waals surface area contributed by atoms with E-state index in [-0.39, 0.29) is 12.7 Å². The first-order valence-corrected chi connectivity index (χ1v) is 7.85. The maximum absolute atomic E-state index is 5.62. The van der Waals surface area contributed by atoms with Crippen LogP contribution in [0.2, 0.25) is 0 Å². The predicted octanol–water partition coefficient (Wildman–Crippen LogP) is 4.28. The number of rotatable bonds is 5. The molecule has 0 N–H and O–H groups in total. The molecule has 2 aromatic carbocycles. The summed E-state index contributed by atoms with van der Waals surface area (Å²) in [6.07, 6.45) is 0. The molecule has 4 heteroatoms. The molecule has 1 aliphatic heterocycles. The molecule has 0 radical (unpaired) electrons. The fraction of sp³-hybridized carbons (Fsp3) is 0.368. The highest BCUT2D eigenvalue weighted by molar-refractivity contribution is 5.55. The first-order valence-electron chi connectivity index (χ1n) is 7.85. The molecule has 0 aromatic heterocycles. The molecule has 2 aromatic rings. The Hall–Kier alpha value is -2.36. The lowest BCUT2D eigenvalue weighted by Gasteiger charge is -2.18. The highest BCUT2D eigenvalue weighted by Gasteiger charge is 2.22. The van der Waals surface area contributed by atoms with Gasteiger partial charge in [0.2, 0.25) is 6.79 Å². The summed E-state index contributed by atoms with van der Waals surface area (Å²) >= 11 is 0. The van der Waals surface area contributed by atoms with E-state index in [1.54, 1.807) is 7.11 Å². The van der Waals surface area contributed by atoms with E-state index in [2.05, 4.69) is 26.0 Å². The molecule has 0 saturated heterocycles. The van der Waals surface area contributed by atoms with Crippen LogP contribution >= 0.6 is 0 Å². The van der Waals surface area contributed by atoms with E-state index in [0.29, 0.717) is 6.61 Å². The standard InChI is InChI=1S/C19H22O4/c1-5-21-16-7-6-14(8-12(16)2)13(3)15-9-18-19(23-11-22-18)10-17(15)20-4/h6-10,13H,5,11H2,1-4H3. The van der Waals surface area contributed by atoms with Crippen LogP contribution in [0.5, 0.6) is 23.0 Å². The van der Waals surface area contributed by atoms with Crippen LogP contribution in [0.25, 0.3) is 0 Å². The van der Waals surface area contributed by atoms with Crippen LogP contribution in [0.15, 0.2) is 30.3 Å². The molecule has 3 rings (SSSR count). The molecule has 23 heavy (non-hydrogen) atoms. The number of hydrogen-bond acceptors (Lipinski definition) is 4. The normalized spacial score (nSPS) is 13.7.